The SMILES string of the molecule is CC(C)CNc1nnc(SCC(=O)c2c[nH]c(C(=O)N3CCCC3)c2)s1. The molecule has 0 unspecified atom stereocenters. The van der Waals surface area contributed by atoms with E-state index < -0.39 is 0 Å². The predicted octanol–water partition coefficient (Wildman–Crippen LogP) is 3.15. The number of H-pyrrole nitrogens is 1. The van der Waals surface area contributed by atoms with Crippen LogP contribution in [0.5, 0.6) is 0 Å². The fraction of sp³-hybridized carbons (Fsp3) is 0.529. The highest BCUT2D eigenvalue weighted by Crippen LogP contribution is 2.26. The van der Waals surface area contributed by atoms with Gasteiger partial charge in [-0.2, -0.15) is 0 Å². The maximum Gasteiger partial charge on any atom is 0.270 e. The van der Waals surface area contributed by atoms with E-state index in [-0.39, 0.29) is 17.4 Å². The van der Waals surface area contributed by atoms with Gasteiger partial charge in [-0.3, -0.25) is 9.59 Å². The van der Waals surface area contributed by atoms with Gasteiger partial charge in [0.1, 0.15) is 5.69 Å². The third-order valence-corrected chi connectivity index (χ3v) is 6.04. The summed E-state index contributed by atoms with van der Waals surface area (Å²) in [6.07, 6.45) is 3.71. The van der Waals surface area contributed by atoms with Gasteiger partial charge in [-0.05, 0) is 24.8 Å². The van der Waals surface area contributed by atoms with Crippen LogP contribution in [-0.2, 0) is 0 Å². The van der Waals surface area contributed by atoms with Crippen LogP contribution in [0.15, 0.2) is 16.6 Å². The number of thioether (sulfide) groups is 1. The van der Waals surface area contributed by atoms with E-state index in [9.17, 15) is 9.59 Å². The van der Waals surface area contributed by atoms with E-state index in [4.69, 9.17) is 0 Å². The van der Waals surface area contributed by atoms with Crippen LogP contribution in [0.2, 0.25) is 0 Å². The number of likely N-dealkylation sites (tertiary alicyclic amines) is 1. The molecule has 0 radical (unpaired) electrons. The zero-order chi connectivity index (χ0) is 18.5. The molecule has 1 fully saturated rings. The number of hydrogen-bond donors (Lipinski definition) is 2. The number of carbonyl (C=O) groups excluding carboxylic acids is 2. The standard InChI is InChI=1S/C17H23N5O2S2/c1-11(2)8-19-16-20-21-17(26-16)25-10-14(23)12-7-13(18-9-12)15(24)22-5-3-4-6-22/h7,9,11,18H,3-6,8,10H2,1-2H3,(H,19,20). The highest BCUT2D eigenvalue weighted by molar-refractivity contribution is 8.01. The molecular weight excluding hydrogens is 370 g/mol. The molecule has 1 aliphatic rings. The van der Waals surface area contributed by atoms with Gasteiger partial charge in [-0.25, -0.2) is 0 Å². The number of rotatable bonds is 8. The van der Waals surface area contributed by atoms with Gasteiger partial charge in [0.25, 0.3) is 5.91 Å². The van der Waals surface area contributed by atoms with Crippen molar-refractivity contribution in [3.8, 4) is 0 Å². The third-order valence-electron chi connectivity index (χ3n) is 4.02. The Labute approximate surface area is 161 Å². The molecule has 1 aliphatic heterocycles. The molecule has 0 saturated carbocycles. The van der Waals surface area contributed by atoms with Gasteiger partial charge in [0, 0.05) is 31.4 Å². The number of ketones is 1. The third kappa shape index (κ3) is 4.85. The summed E-state index contributed by atoms with van der Waals surface area (Å²) in [4.78, 5) is 29.5. The van der Waals surface area contributed by atoms with Crippen LogP contribution in [0.25, 0.3) is 0 Å². The van der Waals surface area contributed by atoms with Crippen molar-refractivity contribution in [1.82, 2.24) is 20.1 Å². The molecule has 1 amide bonds. The Hall–Kier alpha value is -1.87. The molecule has 1 saturated heterocycles. The number of hydrogen-bond acceptors (Lipinski definition) is 7. The molecule has 0 spiro atoms. The quantitative estimate of drug-likeness (QED) is 0.529. The summed E-state index contributed by atoms with van der Waals surface area (Å²) in [7, 11) is 0. The van der Waals surface area contributed by atoms with Crippen molar-refractivity contribution >= 4 is 39.9 Å². The first-order valence-electron chi connectivity index (χ1n) is 8.74. The van der Waals surface area contributed by atoms with Gasteiger partial charge in [0.15, 0.2) is 10.1 Å². The highest BCUT2D eigenvalue weighted by Gasteiger charge is 2.21. The lowest BCUT2D eigenvalue weighted by Gasteiger charge is -2.13. The lowest BCUT2D eigenvalue weighted by atomic mass is 10.2. The zero-order valence-electron chi connectivity index (χ0n) is 14.9. The Morgan fingerprint density at radius 3 is 2.85 bits per heavy atom. The van der Waals surface area contributed by atoms with Crippen LogP contribution < -0.4 is 5.32 Å². The fourth-order valence-electron chi connectivity index (χ4n) is 2.61. The van der Waals surface area contributed by atoms with Gasteiger partial charge in [0.2, 0.25) is 5.13 Å². The Morgan fingerprint density at radius 2 is 2.12 bits per heavy atom. The predicted molar refractivity (Wildman–Crippen MR) is 104 cm³/mol. The summed E-state index contributed by atoms with van der Waals surface area (Å²) in [5.74, 6) is 0.744. The van der Waals surface area contributed by atoms with Crippen molar-refractivity contribution in [2.75, 3.05) is 30.7 Å². The van der Waals surface area contributed by atoms with Crippen molar-refractivity contribution in [3.05, 3.63) is 23.5 Å². The van der Waals surface area contributed by atoms with Gasteiger partial charge >= 0.3 is 0 Å². The van der Waals surface area contributed by atoms with Crippen LogP contribution in [-0.4, -0.2) is 57.2 Å². The van der Waals surface area contributed by atoms with Crippen molar-refractivity contribution in [2.45, 2.75) is 31.0 Å². The highest BCUT2D eigenvalue weighted by atomic mass is 32.2. The van der Waals surface area contributed by atoms with E-state index in [1.807, 2.05) is 4.90 Å². The van der Waals surface area contributed by atoms with E-state index in [1.54, 1.807) is 12.3 Å². The average molecular weight is 394 g/mol. The number of anilines is 1. The van der Waals surface area contributed by atoms with E-state index in [0.29, 0.717) is 17.2 Å². The van der Waals surface area contributed by atoms with Crippen molar-refractivity contribution in [1.29, 1.82) is 0 Å². The van der Waals surface area contributed by atoms with Gasteiger partial charge in [0.05, 0.1) is 5.75 Å². The molecule has 0 aliphatic carbocycles. The van der Waals surface area contributed by atoms with Gasteiger partial charge in [-0.1, -0.05) is 36.9 Å². The van der Waals surface area contributed by atoms with Crippen molar-refractivity contribution in [3.63, 3.8) is 0 Å². The fourth-order valence-corrected chi connectivity index (χ4v) is 4.26. The van der Waals surface area contributed by atoms with Gasteiger partial charge < -0.3 is 15.2 Å². The molecule has 2 aromatic rings. The van der Waals surface area contributed by atoms with E-state index >= 15 is 0 Å². The topological polar surface area (TPSA) is 91.0 Å². The number of amides is 1. The molecule has 26 heavy (non-hydrogen) atoms. The number of nitrogens with one attached hydrogen (secondary N) is 2. The molecule has 3 rings (SSSR count). The summed E-state index contributed by atoms with van der Waals surface area (Å²) in [6.45, 7) is 6.68. The molecule has 9 heteroatoms. The largest absolute Gasteiger partial charge is 0.360 e. The summed E-state index contributed by atoms with van der Waals surface area (Å²) in [5, 5.41) is 12.2. The van der Waals surface area contributed by atoms with Crippen LogP contribution >= 0.6 is 23.1 Å². The van der Waals surface area contributed by atoms with Crippen LogP contribution in [0.1, 0.15) is 47.5 Å². The van der Waals surface area contributed by atoms with E-state index in [1.165, 1.54) is 23.1 Å². The molecule has 3 heterocycles. The average Bonchev–Trinajstić information content (AvgIpc) is 3.39. The number of aromatic amines is 1. The Morgan fingerprint density at radius 1 is 1.35 bits per heavy atom. The summed E-state index contributed by atoms with van der Waals surface area (Å²) >= 11 is 2.82. The summed E-state index contributed by atoms with van der Waals surface area (Å²) in [6, 6.07) is 1.65. The van der Waals surface area contributed by atoms with E-state index in [0.717, 1.165) is 41.9 Å². The summed E-state index contributed by atoms with van der Waals surface area (Å²) in [5.41, 5.74) is 1.01. The first-order valence-corrected chi connectivity index (χ1v) is 10.5. The van der Waals surface area contributed by atoms with Crippen LogP contribution in [0.3, 0.4) is 0 Å². The molecule has 140 valence electrons. The second-order valence-electron chi connectivity index (χ2n) is 6.66. The molecule has 0 atom stereocenters. The lowest BCUT2D eigenvalue weighted by molar-refractivity contribution is 0.0787. The van der Waals surface area contributed by atoms with Crippen LogP contribution in [0, 0.1) is 5.92 Å². The molecular formula is C17H23N5O2S2. The summed E-state index contributed by atoms with van der Waals surface area (Å²) < 4.78 is 0.758. The Kier molecular flexibility index (Phi) is 6.31. The Bertz CT molecular complexity index is 765. The van der Waals surface area contributed by atoms with Crippen molar-refractivity contribution < 1.29 is 9.59 Å². The maximum absolute atomic E-state index is 12.4. The van der Waals surface area contributed by atoms with E-state index in [2.05, 4.69) is 34.3 Å². The molecule has 2 aromatic heterocycles. The number of nitrogens with zero attached hydrogens (tertiary/aromatic N) is 3. The minimum absolute atomic E-state index is 0.0285. The number of aromatic nitrogens is 3. The minimum Gasteiger partial charge on any atom is -0.360 e. The smallest absolute Gasteiger partial charge is 0.270 e. The monoisotopic (exact) mass is 393 g/mol. The van der Waals surface area contributed by atoms with Crippen molar-refractivity contribution in [2.24, 2.45) is 5.92 Å². The van der Waals surface area contributed by atoms with Gasteiger partial charge in [-0.15, -0.1) is 10.2 Å². The lowest BCUT2D eigenvalue weighted by Crippen LogP contribution is -2.27. The molecule has 0 aromatic carbocycles. The first-order chi connectivity index (χ1) is 12.5. The second-order valence-corrected chi connectivity index (χ2v) is 8.86. The first kappa shape index (κ1) is 18.9. The minimum atomic E-state index is -0.0291. The second kappa shape index (κ2) is 8.68. The zero-order valence-corrected chi connectivity index (χ0v) is 16.6. The normalized spacial score (nSPS) is 14.2. The maximum atomic E-state index is 12.4. The molecule has 0 bridgehead atoms. The number of carbonyl (C=O) groups is 2. The number of Topliss-reactive ketones (excluding diaryl/α,β-unsaturated/α-hetero) is 1. The van der Waals surface area contributed by atoms with Crippen LogP contribution in [0.4, 0.5) is 5.13 Å². The Balaban J connectivity index is 1.51. The molecule has 7 nitrogen and oxygen atoms in total. The molecule has 2 N–H and O–H groups in total.